The number of amides is 1. The van der Waals surface area contributed by atoms with E-state index in [2.05, 4.69) is 14.9 Å². The lowest BCUT2D eigenvalue weighted by Gasteiger charge is -2.34. The maximum atomic E-state index is 12.2. The molecule has 1 aliphatic rings. The van der Waals surface area contributed by atoms with Gasteiger partial charge in [-0.15, -0.1) is 0 Å². The van der Waals surface area contributed by atoms with Gasteiger partial charge in [-0.2, -0.15) is 0 Å². The van der Waals surface area contributed by atoms with Crippen LogP contribution in [0.3, 0.4) is 0 Å². The van der Waals surface area contributed by atoms with Crippen molar-refractivity contribution < 1.29 is 9.53 Å². The summed E-state index contributed by atoms with van der Waals surface area (Å²) in [6, 6.07) is 11.4. The molecule has 2 aromatic rings. The highest BCUT2D eigenvalue weighted by Crippen LogP contribution is 2.20. The summed E-state index contributed by atoms with van der Waals surface area (Å²) in [5.74, 6) is 1.26. The zero-order chi connectivity index (χ0) is 17.6. The lowest BCUT2D eigenvalue weighted by Crippen LogP contribution is -2.49. The number of carbonyl (C=O) groups is 1. The molecule has 2 heterocycles. The normalized spacial score (nSPS) is 14.4. The van der Waals surface area contributed by atoms with Gasteiger partial charge in [0.25, 0.3) is 0 Å². The minimum Gasteiger partial charge on any atom is -0.445 e. The molecule has 8 heteroatoms. The standard InChI is InChI=1S/C17H21N5O2S/c1-25-16-19-14(18)11-15(20-16)21-7-9-22(10-8-21)17(23)24-12-13-5-3-2-4-6-13/h2-6,11H,7-10,12H2,1H3,(H2,18,19,20). The number of anilines is 2. The summed E-state index contributed by atoms with van der Waals surface area (Å²) in [6.45, 7) is 2.84. The summed E-state index contributed by atoms with van der Waals surface area (Å²) in [5.41, 5.74) is 6.82. The third-order valence-corrected chi connectivity index (χ3v) is 4.51. The lowest BCUT2D eigenvalue weighted by atomic mass is 10.2. The predicted octanol–water partition coefficient (Wildman–Crippen LogP) is 2.24. The molecule has 0 saturated carbocycles. The molecule has 0 spiro atoms. The van der Waals surface area contributed by atoms with Crippen LogP contribution in [0.25, 0.3) is 0 Å². The summed E-state index contributed by atoms with van der Waals surface area (Å²) in [4.78, 5) is 24.7. The molecule has 0 aliphatic carbocycles. The van der Waals surface area contributed by atoms with E-state index in [-0.39, 0.29) is 6.09 Å². The molecule has 132 valence electrons. The van der Waals surface area contributed by atoms with Gasteiger partial charge < -0.3 is 20.3 Å². The van der Waals surface area contributed by atoms with E-state index < -0.39 is 0 Å². The first-order valence-electron chi connectivity index (χ1n) is 8.05. The van der Waals surface area contributed by atoms with Gasteiger partial charge in [-0.25, -0.2) is 14.8 Å². The van der Waals surface area contributed by atoms with Crippen LogP contribution in [-0.4, -0.2) is 53.4 Å². The summed E-state index contributed by atoms with van der Waals surface area (Å²) in [7, 11) is 0. The average molecular weight is 359 g/mol. The van der Waals surface area contributed by atoms with E-state index >= 15 is 0 Å². The molecule has 0 atom stereocenters. The van der Waals surface area contributed by atoms with Crippen molar-refractivity contribution in [3.05, 3.63) is 42.0 Å². The Balaban J connectivity index is 1.53. The third kappa shape index (κ3) is 4.54. The van der Waals surface area contributed by atoms with Crippen LogP contribution >= 0.6 is 11.8 Å². The smallest absolute Gasteiger partial charge is 0.410 e. The van der Waals surface area contributed by atoms with Crippen LogP contribution in [0, 0.1) is 0 Å². The van der Waals surface area contributed by atoms with Gasteiger partial charge in [0.05, 0.1) is 0 Å². The van der Waals surface area contributed by atoms with Crippen LogP contribution in [0.2, 0.25) is 0 Å². The van der Waals surface area contributed by atoms with E-state index in [4.69, 9.17) is 10.5 Å². The summed E-state index contributed by atoms with van der Waals surface area (Å²) in [6.07, 6.45) is 1.63. The molecule has 3 rings (SSSR count). The Morgan fingerprint density at radius 2 is 1.92 bits per heavy atom. The first kappa shape index (κ1) is 17.3. The number of nitrogens with zero attached hydrogens (tertiary/aromatic N) is 4. The van der Waals surface area contributed by atoms with Crippen LogP contribution in [0.5, 0.6) is 0 Å². The molecule has 1 amide bonds. The SMILES string of the molecule is CSc1nc(N)cc(N2CCN(C(=O)OCc3ccccc3)CC2)n1. The molecule has 1 saturated heterocycles. The van der Waals surface area contributed by atoms with Crippen LogP contribution in [0.4, 0.5) is 16.4 Å². The van der Waals surface area contributed by atoms with Gasteiger partial charge in [0.15, 0.2) is 5.16 Å². The fraction of sp³-hybridized carbons (Fsp3) is 0.353. The number of nitrogen functional groups attached to an aromatic ring is 1. The van der Waals surface area contributed by atoms with Crippen LogP contribution in [-0.2, 0) is 11.3 Å². The molecule has 1 fully saturated rings. The van der Waals surface area contributed by atoms with Gasteiger partial charge in [-0.05, 0) is 11.8 Å². The van der Waals surface area contributed by atoms with Gasteiger partial charge in [0.1, 0.15) is 18.2 Å². The van der Waals surface area contributed by atoms with Crippen molar-refractivity contribution in [2.75, 3.05) is 43.1 Å². The summed E-state index contributed by atoms with van der Waals surface area (Å²) in [5, 5.41) is 0.653. The molecule has 2 N–H and O–H groups in total. The zero-order valence-corrected chi connectivity index (χ0v) is 14.9. The molecule has 1 aromatic carbocycles. The number of thioether (sulfide) groups is 1. The van der Waals surface area contributed by atoms with Crippen molar-refractivity contribution in [2.24, 2.45) is 0 Å². The fourth-order valence-electron chi connectivity index (χ4n) is 2.61. The van der Waals surface area contributed by atoms with Gasteiger partial charge >= 0.3 is 6.09 Å². The zero-order valence-electron chi connectivity index (χ0n) is 14.1. The van der Waals surface area contributed by atoms with Crippen molar-refractivity contribution in [2.45, 2.75) is 11.8 Å². The van der Waals surface area contributed by atoms with Crippen LogP contribution in [0.1, 0.15) is 5.56 Å². The highest BCUT2D eigenvalue weighted by Gasteiger charge is 2.23. The second kappa shape index (κ2) is 8.06. The van der Waals surface area contributed by atoms with E-state index in [9.17, 15) is 4.79 Å². The maximum Gasteiger partial charge on any atom is 0.410 e. The van der Waals surface area contributed by atoms with E-state index in [1.165, 1.54) is 11.8 Å². The topological polar surface area (TPSA) is 84.6 Å². The number of nitrogens with two attached hydrogens (primary N) is 1. The molecular formula is C17H21N5O2S. The van der Waals surface area contributed by atoms with E-state index in [0.717, 1.165) is 11.4 Å². The average Bonchev–Trinajstić information content (AvgIpc) is 2.66. The highest BCUT2D eigenvalue weighted by atomic mass is 32.2. The molecule has 7 nitrogen and oxygen atoms in total. The molecule has 1 aliphatic heterocycles. The second-order valence-electron chi connectivity index (χ2n) is 5.65. The Morgan fingerprint density at radius 1 is 1.20 bits per heavy atom. The predicted molar refractivity (Wildman–Crippen MR) is 98.6 cm³/mol. The maximum absolute atomic E-state index is 12.2. The number of benzene rings is 1. The highest BCUT2D eigenvalue weighted by molar-refractivity contribution is 7.98. The van der Waals surface area contributed by atoms with Gasteiger partial charge in [0.2, 0.25) is 0 Å². The number of rotatable bonds is 4. The van der Waals surface area contributed by atoms with Gasteiger partial charge in [-0.3, -0.25) is 0 Å². The third-order valence-electron chi connectivity index (χ3n) is 3.96. The Labute approximate surface area is 151 Å². The molecule has 0 radical (unpaired) electrons. The Hall–Kier alpha value is -2.48. The minimum absolute atomic E-state index is 0.282. The van der Waals surface area contributed by atoms with Crippen molar-refractivity contribution in [3.8, 4) is 0 Å². The monoisotopic (exact) mass is 359 g/mol. The van der Waals surface area contributed by atoms with Crippen LogP contribution < -0.4 is 10.6 Å². The van der Waals surface area contributed by atoms with E-state index in [1.807, 2.05) is 36.6 Å². The number of hydrogen-bond donors (Lipinski definition) is 1. The quantitative estimate of drug-likeness (QED) is 0.662. The summed E-state index contributed by atoms with van der Waals surface area (Å²) >= 11 is 1.46. The van der Waals surface area contributed by atoms with Gasteiger partial charge in [0, 0.05) is 32.2 Å². The van der Waals surface area contributed by atoms with E-state index in [1.54, 1.807) is 11.0 Å². The lowest BCUT2D eigenvalue weighted by molar-refractivity contribution is 0.0941. The summed E-state index contributed by atoms with van der Waals surface area (Å²) < 4.78 is 5.38. The minimum atomic E-state index is -0.282. The Bertz CT molecular complexity index is 720. The molecular weight excluding hydrogens is 338 g/mol. The number of aromatic nitrogens is 2. The number of piperazine rings is 1. The molecule has 0 bridgehead atoms. The van der Waals surface area contributed by atoms with Crippen molar-refractivity contribution in [1.82, 2.24) is 14.9 Å². The number of carbonyl (C=O) groups excluding carboxylic acids is 1. The number of hydrogen-bond acceptors (Lipinski definition) is 7. The first-order valence-corrected chi connectivity index (χ1v) is 9.27. The van der Waals surface area contributed by atoms with Gasteiger partial charge in [-0.1, -0.05) is 42.1 Å². The second-order valence-corrected chi connectivity index (χ2v) is 6.43. The molecule has 0 unspecified atom stereocenters. The van der Waals surface area contributed by atoms with Crippen molar-refractivity contribution in [3.63, 3.8) is 0 Å². The largest absolute Gasteiger partial charge is 0.445 e. The molecule has 1 aromatic heterocycles. The Morgan fingerprint density at radius 3 is 2.60 bits per heavy atom. The van der Waals surface area contributed by atoms with Crippen molar-refractivity contribution >= 4 is 29.5 Å². The van der Waals surface area contributed by atoms with Crippen molar-refractivity contribution in [1.29, 1.82) is 0 Å². The number of ether oxygens (including phenoxy) is 1. The first-order chi connectivity index (χ1) is 12.2. The molecule has 25 heavy (non-hydrogen) atoms. The van der Waals surface area contributed by atoms with Crippen LogP contribution in [0.15, 0.2) is 41.6 Å². The van der Waals surface area contributed by atoms with E-state index in [0.29, 0.717) is 43.8 Å². The Kier molecular flexibility index (Phi) is 5.60. The fourth-order valence-corrected chi connectivity index (χ4v) is 2.99.